The standard InChI is InChI=1S/C23H15N3/c1-2-8-16(9-3-1)25-20-12-6-4-10-17(20)18-14-15-22-24-19-11-5-7-13-21(19)26(22)23(18)25/h1-15H. The first-order chi connectivity index (χ1) is 12.9. The molecule has 0 unspecified atom stereocenters. The average Bonchev–Trinajstić information content (AvgIpc) is 3.24. The summed E-state index contributed by atoms with van der Waals surface area (Å²) in [6.07, 6.45) is 0. The summed E-state index contributed by atoms with van der Waals surface area (Å²) < 4.78 is 4.61. The third kappa shape index (κ3) is 1.69. The molecular formula is C23H15N3. The van der Waals surface area contributed by atoms with Crippen molar-refractivity contribution < 1.29 is 0 Å². The lowest BCUT2D eigenvalue weighted by molar-refractivity contribution is 1.11. The van der Waals surface area contributed by atoms with Crippen LogP contribution in [-0.4, -0.2) is 14.0 Å². The summed E-state index contributed by atoms with van der Waals surface area (Å²) in [6.45, 7) is 0. The molecule has 0 atom stereocenters. The van der Waals surface area contributed by atoms with Gasteiger partial charge in [0.05, 0.1) is 16.6 Å². The van der Waals surface area contributed by atoms with Gasteiger partial charge in [-0.25, -0.2) is 4.98 Å². The van der Waals surface area contributed by atoms with Gasteiger partial charge >= 0.3 is 0 Å². The number of fused-ring (bicyclic) bond motifs is 7. The normalized spacial score (nSPS) is 11.8. The van der Waals surface area contributed by atoms with Gasteiger partial charge in [-0.15, -0.1) is 0 Å². The van der Waals surface area contributed by atoms with Crippen molar-refractivity contribution in [3.8, 4) is 5.69 Å². The largest absolute Gasteiger partial charge is 0.295 e. The average molecular weight is 333 g/mol. The topological polar surface area (TPSA) is 22.2 Å². The third-order valence-electron chi connectivity index (χ3n) is 5.10. The number of para-hydroxylation sites is 4. The summed E-state index contributed by atoms with van der Waals surface area (Å²) in [5.74, 6) is 0. The van der Waals surface area contributed by atoms with E-state index >= 15 is 0 Å². The minimum Gasteiger partial charge on any atom is -0.295 e. The lowest BCUT2D eigenvalue weighted by Crippen LogP contribution is -1.98. The molecule has 0 aliphatic carbocycles. The first kappa shape index (κ1) is 13.7. The Morgan fingerprint density at radius 3 is 2.19 bits per heavy atom. The molecule has 3 aromatic carbocycles. The molecule has 122 valence electrons. The van der Waals surface area contributed by atoms with E-state index in [1.54, 1.807) is 0 Å². The minimum atomic E-state index is 0.971. The van der Waals surface area contributed by atoms with E-state index in [2.05, 4.69) is 93.9 Å². The number of hydrogen-bond acceptors (Lipinski definition) is 1. The molecule has 3 heterocycles. The predicted octanol–water partition coefficient (Wildman–Crippen LogP) is 5.58. The molecule has 3 aromatic heterocycles. The molecule has 6 rings (SSSR count). The zero-order valence-electron chi connectivity index (χ0n) is 14.0. The van der Waals surface area contributed by atoms with Gasteiger partial charge in [0, 0.05) is 16.5 Å². The molecule has 3 heteroatoms. The van der Waals surface area contributed by atoms with Crippen LogP contribution >= 0.6 is 0 Å². The van der Waals surface area contributed by atoms with Crippen LogP contribution in [0.25, 0.3) is 44.3 Å². The van der Waals surface area contributed by atoms with Crippen LogP contribution in [0.5, 0.6) is 0 Å². The van der Waals surface area contributed by atoms with Crippen LogP contribution in [0, 0.1) is 0 Å². The number of aromatic nitrogens is 3. The Balaban J connectivity index is 1.96. The summed E-state index contributed by atoms with van der Waals surface area (Å²) >= 11 is 0. The van der Waals surface area contributed by atoms with Crippen LogP contribution in [0.4, 0.5) is 0 Å². The van der Waals surface area contributed by atoms with Crippen LogP contribution in [0.1, 0.15) is 0 Å². The summed E-state index contributed by atoms with van der Waals surface area (Å²) in [6, 6.07) is 31.8. The fraction of sp³-hybridized carbons (Fsp3) is 0. The van der Waals surface area contributed by atoms with Crippen LogP contribution < -0.4 is 0 Å². The van der Waals surface area contributed by atoms with Crippen molar-refractivity contribution in [2.75, 3.05) is 0 Å². The van der Waals surface area contributed by atoms with Gasteiger partial charge in [0.1, 0.15) is 11.3 Å². The monoisotopic (exact) mass is 333 g/mol. The van der Waals surface area contributed by atoms with E-state index in [0.29, 0.717) is 0 Å². The molecule has 0 aliphatic rings. The van der Waals surface area contributed by atoms with Gasteiger partial charge in [-0.3, -0.25) is 8.97 Å². The highest BCUT2D eigenvalue weighted by molar-refractivity contribution is 6.09. The van der Waals surface area contributed by atoms with Crippen molar-refractivity contribution in [2.45, 2.75) is 0 Å². The maximum atomic E-state index is 4.82. The number of nitrogens with zero attached hydrogens (tertiary/aromatic N) is 3. The van der Waals surface area contributed by atoms with E-state index < -0.39 is 0 Å². The zero-order chi connectivity index (χ0) is 17.1. The molecule has 0 spiro atoms. The van der Waals surface area contributed by atoms with Crippen molar-refractivity contribution >= 4 is 38.6 Å². The second kappa shape index (κ2) is 4.96. The second-order valence-corrected chi connectivity index (χ2v) is 6.55. The van der Waals surface area contributed by atoms with Gasteiger partial charge in [0.2, 0.25) is 0 Å². The Bertz CT molecular complexity index is 1420. The lowest BCUT2D eigenvalue weighted by atomic mass is 10.2. The smallest absolute Gasteiger partial charge is 0.139 e. The summed E-state index contributed by atoms with van der Waals surface area (Å²) in [4.78, 5) is 4.82. The molecule has 26 heavy (non-hydrogen) atoms. The van der Waals surface area contributed by atoms with Crippen molar-refractivity contribution in [1.29, 1.82) is 0 Å². The quantitative estimate of drug-likeness (QED) is 0.385. The maximum Gasteiger partial charge on any atom is 0.139 e. The molecule has 3 nitrogen and oxygen atoms in total. The van der Waals surface area contributed by atoms with Crippen LogP contribution in [-0.2, 0) is 0 Å². The summed E-state index contributed by atoms with van der Waals surface area (Å²) in [7, 11) is 0. The fourth-order valence-electron chi connectivity index (χ4n) is 4.01. The van der Waals surface area contributed by atoms with Gasteiger partial charge in [-0.1, -0.05) is 48.5 Å². The van der Waals surface area contributed by atoms with E-state index in [1.807, 2.05) is 6.07 Å². The van der Waals surface area contributed by atoms with Crippen LogP contribution in [0.15, 0.2) is 91.0 Å². The van der Waals surface area contributed by atoms with Gasteiger partial charge in [-0.2, -0.15) is 0 Å². The van der Waals surface area contributed by atoms with Crippen molar-refractivity contribution in [2.24, 2.45) is 0 Å². The molecule has 0 radical (unpaired) electrons. The molecule has 0 amide bonds. The van der Waals surface area contributed by atoms with Gasteiger partial charge in [0.25, 0.3) is 0 Å². The number of hydrogen-bond donors (Lipinski definition) is 0. The molecule has 0 N–H and O–H groups in total. The highest BCUT2D eigenvalue weighted by Gasteiger charge is 2.16. The van der Waals surface area contributed by atoms with Crippen molar-refractivity contribution in [1.82, 2.24) is 14.0 Å². The van der Waals surface area contributed by atoms with E-state index in [9.17, 15) is 0 Å². The van der Waals surface area contributed by atoms with E-state index in [0.717, 1.165) is 28.0 Å². The molecule has 0 aliphatic heterocycles. The molecule has 6 aromatic rings. The fourth-order valence-corrected chi connectivity index (χ4v) is 4.01. The second-order valence-electron chi connectivity index (χ2n) is 6.55. The van der Waals surface area contributed by atoms with Crippen molar-refractivity contribution in [3.63, 3.8) is 0 Å². The van der Waals surface area contributed by atoms with E-state index in [1.165, 1.54) is 16.3 Å². The number of imidazole rings is 1. The molecule has 0 saturated heterocycles. The summed E-state index contributed by atoms with van der Waals surface area (Å²) in [5.41, 5.74) is 6.64. The molecule has 0 saturated carbocycles. The Kier molecular flexibility index (Phi) is 2.61. The number of rotatable bonds is 1. The Morgan fingerprint density at radius 2 is 1.31 bits per heavy atom. The Morgan fingerprint density at radius 1 is 0.577 bits per heavy atom. The minimum absolute atomic E-state index is 0.971. The van der Waals surface area contributed by atoms with Gasteiger partial charge in [-0.05, 0) is 42.5 Å². The predicted molar refractivity (Wildman–Crippen MR) is 107 cm³/mol. The SMILES string of the molecule is c1ccc(-n2c3ccccc3c3ccc4nc5ccccc5n4c32)cc1. The maximum absolute atomic E-state index is 4.82. The van der Waals surface area contributed by atoms with Gasteiger partial charge in [0.15, 0.2) is 0 Å². The van der Waals surface area contributed by atoms with Gasteiger partial charge < -0.3 is 0 Å². The third-order valence-corrected chi connectivity index (χ3v) is 5.10. The number of benzene rings is 3. The molecular weight excluding hydrogens is 318 g/mol. The highest BCUT2D eigenvalue weighted by atomic mass is 15.1. The molecule has 0 bridgehead atoms. The first-order valence-corrected chi connectivity index (χ1v) is 8.76. The number of pyridine rings is 1. The van der Waals surface area contributed by atoms with Crippen LogP contribution in [0.2, 0.25) is 0 Å². The Hall–Kier alpha value is -3.59. The zero-order valence-corrected chi connectivity index (χ0v) is 14.0. The molecule has 0 fully saturated rings. The highest BCUT2D eigenvalue weighted by Crippen LogP contribution is 2.34. The van der Waals surface area contributed by atoms with E-state index in [4.69, 9.17) is 4.98 Å². The Labute approximate surface area is 149 Å². The van der Waals surface area contributed by atoms with Crippen LogP contribution in [0.3, 0.4) is 0 Å². The summed E-state index contributed by atoms with van der Waals surface area (Å²) in [5, 5.41) is 2.49. The van der Waals surface area contributed by atoms with E-state index in [-0.39, 0.29) is 0 Å². The van der Waals surface area contributed by atoms with Crippen molar-refractivity contribution in [3.05, 3.63) is 91.0 Å². The first-order valence-electron chi connectivity index (χ1n) is 8.76. The lowest BCUT2D eigenvalue weighted by Gasteiger charge is -2.09.